The van der Waals surface area contributed by atoms with Gasteiger partial charge >= 0.3 is 11.9 Å². The summed E-state index contributed by atoms with van der Waals surface area (Å²) in [6.45, 7) is 2.55. The Balaban J connectivity index is 1.75. The summed E-state index contributed by atoms with van der Waals surface area (Å²) in [5, 5.41) is 72.2. The van der Waals surface area contributed by atoms with Gasteiger partial charge in [-0.15, -0.1) is 0 Å². The van der Waals surface area contributed by atoms with Gasteiger partial charge in [-0.05, 0) is 64.2 Å². The molecular weight excluding hydrogens is 913 g/mol. The van der Waals surface area contributed by atoms with Crippen LogP contribution in [0.15, 0.2) is 36.5 Å². The zero-order valence-corrected chi connectivity index (χ0v) is 44.0. The molecule has 15 nitrogen and oxygen atoms in total. The van der Waals surface area contributed by atoms with Gasteiger partial charge in [0.2, 0.25) is 0 Å². The van der Waals surface area contributed by atoms with Crippen molar-refractivity contribution in [1.82, 2.24) is 0 Å². The van der Waals surface area contributed by atoms with Crippen LogP contribution in [0.4, 0.5) is 0 Å². The van der Waals surface area contributed by atoms with E-state index in [-0.39, 0.29) is 26.1 Å². The smallest absolute Gasteiger partial charge is 0.306 e. The van der Waals surface area contributed by atoms with E-state index in [0.29, 0.717) is 12.8 Å². The highest BCUT2D eigenvalue weighted by molar-refractivity contribution is 5.70. The summed E-state index contributed by atoms with van der Waals surface area (Å²) < 4.78 is 33.6. The molecule has 0 bridgehead atoms. The Hall–Kier alpha value is -2.28. The zero-order valence-electron chi connectivity index (χ0n) is 44.0. The van der Waals surface area contributed by atoms with E-state index in [1.165, 1.54) is 109 Å². The lowest BCUT2D eigenvalue weighted by Crippen LogP contribution is -2.61. The fourth-order valence-corrected chi connectivity index (χ4v) is 8.70. The quantitative estimate of drug-likeness (QED) is 0.0172. The molecule has 2 fully saturated rings. The van der Waals surface area contributed by atoms with Gasteiger partial charge in [-0.2, -0.15) is 0 Å². The van der Waals surface area contributed by atoms with Crippen LogP contribution < -0.4 is 0 Å². The lowest BCUT2D eigenvalue weighted by molar-refractivity contribution is -0.332. The Bertz CT molecular complexity index is 1380. The third kappa shape index (κ3) is 30.6. The molecule has 0 aromatic rings. The van der Waals surface area contributed by atoms with Crippen molar-refractivity contribution in [1.29, 1.82) is 0 Å². The van der Waals surface area contributed by atoms with Crippen molar-refractivity contribution >= 4 is 11.9 Å². The van der Waals surface area contributed by atoms with Gasteiger partial charge in [0.1, 0.15) is 55.4 Å². The Kier molecular flexibility index (Phi) is 39.3. The van der Waals surface area contributed by atoms with E-state index < -0.39 is 92.7 Å². The molecule has 0 aliphatic carbocycles. The standard InChI is InChI=1S/C56H100O15/c1-3-5-7-9-11-13-15-17-19-20-21-22-23-24-25-27-28-30-32-34-36-38-47(58)66-41-44(69-48(59)39-37-35-33-31-29-26-18-16-14-12-10-8-6-4-2)42-67-55-54(65)52(63)50(61)46(71-55)43-68-56-53(64)51(62)49(60)45(40-57)70-56/h10,12,16-19,44-46,49-57,60-65H,3-9,11,13-15,20-43H2,1-2H3/b12-10+,18-16+,19-17+/t44-,45+,46+,49-,50-,51?,52?,53?,54?,55+,56+/m0/s1. The third-order valence-corrected chi connectivity index (χ3v) is 13.3. The van der Waals surface area contributed by atoms with Crippen LogP contribution in [0.2, 0.25) is 0 Å². The molecule has 2 aliphatic rings. The average Bonchev–Trinajstić information content (AvgIpc) is 3.36. The number of aliphatic hydroxyl groups excluding tert-OH is 7. The van der Waals surface area contributed by atoms with E-state index in [2.05, 4.69) is 50.3 Å². The van der Waals surface area contributed by atoms with Crippen LogP contribution in [-0.2, 0) is 38.0 Å². The van der Waals surface area contributed by atoms with E-state index in [4.69, 9.17) is 28.4 Å². The van der Waals surface area contributed by atoms with Gasteiger partial charge in [0.25, 0.3) is 0 Å². The summed E-state index contributed by atoms with van der Waals surface area (Å²) in [6, 6.07) is 0. The Labute approximate surface area is 427 Å². The molecule has 414 valence electrons. The molecular formula is C56H100O15. The first kappa shape index (κ1) is 64.8. The summed E-state index contributed by atoms with van der Waals surface area (Å²) in [5.74, 6) is -0.937. The van der Waals surface area contributed by atoms with Crippen molar-refractivity contribution in [3.63, 3.8) is 0 Å². The molecule has 0 aromatic carbocycles. The van der Waals surface area contributed by atoms with Gasteiger partial charge in [0.15, 0.2) is 18.7 Å². The highest BCUT2D eigenvalue weighted by Crippen LogP contribution is 2.27. The van der Waals surface area contributed by atoms with Gasteiger partial charge in [0, 0.05) is 12.8 Å². The second-order valence-corrected chi connectivity index (χ2v) is 19.8. The van der Waals surface area contributed by atoms with Gasteiger partial charge in [-0.1, -0.05) is 172 Å². The normalized spacial score (nSPS) is 25.4. The number of hydrogen-bond acceptors (Lipinski definition) is 15. The molecule has 15 heteroatoms. The van der Waals surface area contributed by atoms with Gasteiger partial charge in [-0.25, -0.2) is 0 Å². The maximum absolute atomic E-state index is 13.0. The largest absolute Gasteiger partial charge is 0.462 e. The van der Waals surface area contributed by atoms with Crippen molar-refractivity contribution < 1.29 is 73.8 Å². The molecule has 0 amide bonds. The van der Waals surface area contributed by atoms with Crippen LogP contribution >= 0.6 is 0 Å². The fourth-order valence-electron chi connectivity index (χ4n) is 8.70. The molecule has 2 rings (SSSR count). The number of carbonyl (C=O) groups is 2. The van der Waals surface area contributed by atoms with Gasteiger partial charge < -0.3 is 64.2 Å². The summed E-state index contributed by atoms with van der Waals surface area (Å²) in [7, 11) is 0. The maximum Gasteiger partial charge on any atom is 0.306 e. The Morgan fingerprint density at radius 2 is 0.859 bits per heavy atom. The highest BCUT2D eigenvalue weighted by Gasteiger charge is 2.47. The van der Waals surface area contributed by atoms with Crippen LogP contribution in [0.1, 0.15) is 213 Å². The second-order valence-electron chi connectivity index (χ2n) is 19.8. The number of aliphatic hydroxyl groups is 7. The first-order valence-corrected chi connectivity index (χ1v) is 28.1. The molecule has 71 heavy (non-hydrogen) atoms. The molecule has 11 atom stereocenters. The topological polar surface area (TPSA) is 231 Å². The Morgan fingerprint density at radius 3 is 1.37 bits per heavy atom. The third-order valence-electron chi connectivity index (χ3n) is 13.3. The SMILES string of the molecule is CCCC/C=C/C/C=C/CCCCCCCC(=O)O[C@@H](COC(=O)CCCCCCCCCCCCC/C=C/CCCCCCCC)CO[C@@H]1O[C@H](CO[C@@H]2O[C@H](CO)[C@H](O)C(O)C2O)[C@H](O)C(O)C1O. The van der Waals surface area contributed by atoms with Crippen LogP contribution in [0, 0.1) is 0 Å². The lowest BCUT2D eigenvalue weighted by Gasteiger charge is -2.42. The van der Waals surface area contributed by atoms with E-state index in [0.717, 1.165) is 64.2 Å². The number of unbranched alkanes of at least 4 members (excludes halogenated alkanes) is 24. The first-order valence-electron chi connectivity index (χ1n) is 28.1. The number of hydrogen-bond donors (Lipinski definition) is 7. The molecule has 2 aliphatic heterocycles. The number of carbonyl (C=O) groups excluding carboxylic acids is 2. The van der Waals surface area contributed by atoms with E-state index >= 15 is 0 Å². The maximum atomic E-state index is 13.0. The number of esters is 2. The van der Waals surface area contributed by atoms with Gasteiger partial charge in [0.05, 0.1) is 19.8 Å². The predicted molar refractivity (Wildman–Crippen MR) is 275 cm³/mol. The minimum atomic E-state index is -1.77. The summed E-state index contributed by atoms with van der Waals surface area (Å²) in [5.41, 5.74) is 0. The number of allylic oxidation sites excluding steroid dienone is 6. The van der Waals surface area contributed by atoms with Gasteiger partial charge in [-0.3, -0.25) is 9.59 Å². The van der Waals surface area contributed by atoms with Crippen LogP contribution in [-0.4, -0.2) is 142 Å². The number of rotatable bonds is 44. The van der Waals surface area contributed by atoms with Crippen molar-refractivity contribution in [2.45, 2.75) is 280 Å². The summed E-state index contributed by atoms with van der Waals surface area (Å²) in [6.07, 6.45) is 30.3. The molecule has 0 radical (unpaired) electrons. The minimum Gasteiger partial charge on any atom is -0.462 e. The first-order chi connectivity index (χ1) is 34.5. The molecule has 2 saturated heterocycles. The highest BCUT2D eigenvalue weighted by atomic mass is 16.7. The van der Waals surface area contributed by atoms with E-state index in [9.17, 15) is 45.3 Å². The number of ether oxygens (including phenoxy) is 6. The predicted octanol–water partition coefficient (Wildman–Crippen LogP) is 8.88. The molecule has 0 saturated carbocycles. The van der Waals surface area contributed by atoms with Crippen molar-refractivity contribution in [3.8, 4) is 0 Å². The summed E-state index contributed by atoms with van der Waals surface area (Å²) >= 11 is 0. The van der Waals surface area contributed by atoms with Crippen LogP contribution in [0.25, 0.3) is 0 Å². The molecule has 0 aromatic heterocycles. The fraction of sp³-hybridized carbons (Fsp3) is 0.857. The molecule has 7 N–H and O–H groups in total. The zero-order chi connectivity index (χ0) is 51.7. The van der Waals surface area contributed by atoms with Crippen LogP contribution in [0.3, 0.4) is 0 Å². The molecule has 4 unspecified atom stereocenters. The molecule has 2 heterocycles. The summed E-state index contributed by atoms with van der Waals surface area (Å²) in [4.78, 5) is 25.8. The van der Waals surface area contributed by atoms with Crippen molar-refractivity contribution in [2.75, 3.05) is 26.4 Å². The average molecular weight is 1010 g/mol. The van der Waals surface area contributed by atoms with E-state index in [1.807, 2.05) is 0 Å². The second kappa shape index (κ2) is 43.0. The minimum absolute atomic E-state index is 0.150. The van der Waals surface area contributed by atoms with Crippen LogP contribution in [0.5, 0.6) is 0 Å². The van der Waals surface area contributed by atoms with Crippen molar-refractivity contribution in [2.24, 2.45) is 0 Å². The van der Waals surface area contributed by atoms with E-state index in [1.54, 1.807) is 0 Å². The monoisotopic (exact) mass is 1010 g/mol. The Morgan fingerprint density at radius 1 is 0.451 bits per heavy atom. The van der Waals surface area contributed by atoms with Crippen molar-refractivity contribution in [3.05, 3.63) is 36.5 Å². The lowest BCUT2D eigenvalue weighted by atomic mass is 9.98. The molecule has 0 spiro atoms.